The van der Waals surface area contributed by atoms with Gasteiger partial charge in [-0.05, 0) is 36.2 Å². The fourth-order valence-electron chi connectivity index (χ4n) is 2.48. The first-order valence-electron chi connectivity index (χ1n) is 7.49. The van der Waals surface area contributed by atoms with Crippen LogP contribution in [-0.4, -0.2) is 14.6 Å². The number of aromatic nitrogens is 3. The fraction of sp³-hybridized carbons (Fsp3) is 0.118. The molecule has 1 N–H and O–H groups in total. The van der Waals surface area contributed by atoms with Crippen LogP contribution in [0.2, 0.25) is 0 Å². The maximum atomic E-state index is 13.3. The van der Waals surface area contributed by atoms with Crippen molar-refractivity contribution in [1.29, 1.82) is 0 Å². The van der Waals surface area contributed by atoms with Gasteiger partial charge in [0.05, 0.1) is 10.9 Å². The molecule has 0 saturated carbocycles. The zero-order valence-corrected chi connectivity index (χ0v) is 13.6. The third kappa shape index (κ3) is 2.52. The highest BCUT2D eigenvalue weighted by Crippen LogP contribution is 2.23. The van der Waals surface area contributed by atoms with Crippen molar-refractivity contribution in [2.45, 2.75) is 13.3 Å². The summed E-state index contributed by atoms with van der Waals surface area (Å²) in [6.07, 6.45) is 0.976. The highest BCUT2D eigenvalue weighted by atomic mass is 32.1. The molecule has 4 aromatic rings. The maximum Gasteiger partial charge on any atom is 0.283 e. The first-order chi connectivity index (χ1) is 11.6. The highest BCUT2D eigenvalue weighted by Gasteiger charge is 2.11. The summed E-state index contributed by atoms with van der Waals surface area (Å²) in [5.74, 6) is -0.419. The molecule has 0 bridgehead atoms. The van der Waals surface area contributed by atoms with Gasteiger partial charge in [0, 0.05) is 11.8 Å². The van der Waals surface area contributed by atoms with Gasteiger partial charge in [0.1, 0.15) is 5.82 Å². The number of rotatable bonds is 3. The number of hydrogen-bond donors (Lipinski definition) is 1. The van der Waals surface area contributed by atoms with Crippen LogP contribution in [0.4, 0.5) is 15.2 Å². The molecule has 0 saturated heterocycles. The van der Waals surface area contributed by atoms with Crippen molar-refractivity contribution in [2.24, 2.45) is 0 Å². The van der Waals surface area contributed by atoms with Gasteiger partial charge in [-0.25, -0.2) is 9.37 Å². The summed E-state index contributed by atoms with van der Waals surface area (Å²) in [5, 5.41) is 8.35. The minimum atomic E-state index is -0.419. The van der Waals surface area contributed by atoms with E-state index < -0.39 is 5.82 Å². The summed E-state index contributed by atoms with van der Waals surface area (Å²) < 4.78 is 14.6. The van der Waals surface area contributed by atoms with E-state index in [1.165, 1.54) is 39.6 Å². The Morgan fingerprint density at radius 3 is 2.75 bits per heavy atom. The lowest BCUT2D eigenvalue weighted by atomic mass is 10.1. The van der Waals surface area contributed by atoms with Gasteiger partial charge in [-0.15, -0.1) is 5.10 Å². The van der Waals surface area contributed by atoms with Crippen LogP contribution in [0.15, 0.2) is 47.3 Å². The number of halogens is 1. The van der Waals surface area contributed by atoms with Crippen LogP contribution in [0.1, 0.15) is 12.5 Å². The molecule has 0 fully saturated rings. The third-order valence-electron chi connectivity index (χ3n) is 3.77. The van der Waals surface area contributed by atoms with E-state index in [1.807, 2.05) is 24.3 Å². The molecule has 0 atom stereocenters. The van der Waals surface area contributed by atoms with Crippen LogP contribution in [0, 0.1) is 5.82 Å². The second-order valence-corrected chi connectivity index (χ2v) is 6.31. The molecule has 0 spiro atoms. The molecule has 0 aliphatic rings. The molecule has 24 heavy (non-hydrogen) atoms. The van der Waals surface area contributed by atoms with Crippen LogP contribution in [0.5, 0.6) is 0 Å². The predicted octanol–water partition coefficient (Wildman–Crippen LogP) is 3.75. The molecule has 4 rings (SSSR count). The molecule has 5 nitrogen and oxygen atoms in total. The summed E-state index contributed by atoms with van der Waals surface area (Å²) in [4.78, 5) is 17.2. The molecule has 2 aromatic heterocycles. The van der Waals surface area contributed by atoms with Gasteiger partial charge in [0.15, 0.2) is 0 Å². The van der Waals surface area contributed by atoms with Crippen LogP contribution in [-0.2, 0) is 6.42 Å². The molecule has 7 heteroatoms. The smallest absolute Gasteiger partial charge is 0.283 e. The summed E-state index contributed by atoms with van der Waals surface area (Å²) in [5.41, 5.74) is 2.16. The van der Waals surface area contributed by atoms with Gasteiger partial charge >= 0.3 is 0 Å². The molecule has 0 radical (unpaired) electrons. The van der Waals surface area contributed by atoms with E-state index in [0.29, 0.717) is 21.0 Å². The van der Waals surface area contributed by atoms with Gasteiger partial charge in [0.25, 0.3) is 5.56 Å². The average Bonchev–Trinajstić information content (AvgIpc) is 2.98. The number of anilines is 2. The van der Waals surface area contributed by atoms with Crippen molar-refractivity contribution in [3.63, 3.8) is 0 Å². The van der Waals surface area contributed by atoms with Crippen molar-refractivity contribution in [2.75, 3.05) is 5.32 Å². The third-order valence-corrected chi connectivity index (χ3v) is 4.60. The number of nitrogens with zero attached hydrogens (tertiary/aromatic N) is 3. The van der Waals surface area contributed by atoms with Gasteiger partial charge in [-0.3, -0.25) is 4.79 Å². The lowest BCUT2D eigenvalue weighted by molar-refractivity contribution is 0.629. The molecule has 0 amide bonds. The Hall–Kier alpha value is -2.80. The fourth-order valence-corrected chi connectivity index (χ4v) is 3.30. The monoisotopic (exact) mass is 340 g/mol. The second kappa shape index (κ2) is 5.68. The second-order valence-electron chi connectivity index (χ2n) is 5.36. The predicted molar refractivity (Wildman–Crippen MR) is 93.7 cm³/mol. The SMILES string of the molecule is CCc1ccc(Nc2nn3c(=O)c4ccc(F)cc4nc3s2)cc1. The summed E-state index contributed by atoms with van der Waals surface area (Å²) in [6, 6.07) is 11.9. The largest absolute Gasteiger partial charge is 0.330 e. The molecule has 120 valence electrons. The van der Waals surface area contributed by atoms with E-state index in [9.17, 15) is 9.18 Å². The van der Waals surface area contributed by atoms with Crippen LogP contribution >= 0.6 is 11.3 Å². The number of fused-ring (bicyclic) bond motifs is 2. The van der Waals surface area contributed by atoms with Crippen LogP contribution in [0.25, 0.3) is 15.9 Å². The van der Waals surface area contributed by atoms with Gasteiger partial charge in [-0.1, -0.05) is 30.4 Å². The zero-order chi connectivity index (χ0) is 16.7. The normalized spacial score (nSPS) is 11.2. The molecule has 0 aliphatic carbocycles. The van der Waals surface area contributed by atoms with E-state index in [2.05, 4.69) is 22.3 Å². The first kappa shape index (κ1) is 14.8. The molecular formula is C17H13FN4OS. The summed E-state index contributed by atoms with van der Waals surface area (Å²) >= 11 is 1.24. The Labute approximate surface area is 140 Å². The van der Waals surface area contributed by atoms with E-state index in [4.69, 9.17) is 0 Å². The quantitative estimate of drug-likeness (QED) is 0.617. The van der Waals surface area contributed by atoms with Crippen molar-refractivity contribution >= 4 is 38.0 Å². The van der Waals surface area contributed by atoms with E-state index >= 15 is 0 Å². The Morgan fingerprint density at radius 2 is 2.00 bits per heavy atom. The van der Waals surface area contributed by atoms with Gasteiger partial charge in [-0.2, -0.15) is 4.52 Å². The number of hydrogen-bond acceptors (Lipinski definition) is 5. The van der Waals surface area contributed by atoms with Crippen molar-refractivity contribution < 1.29 is 4.39 Å². The average molecular weight is 340 g/mol. The Morgan fingerprint density at radius 1 is 1.21 bits per heavy atom. The zero-order valence-electron chi connectivity index (χ0n) is 12.8. The number of aryl methyl sites for hydroxylation is 1. The molecular weight excluding hydrogens is 327 g/mol. The van der Waals surface area contributed by atoms with Gasteiger partial charge in [0.2, 0.25) is 10.1 Å². The van der Waals surface area contributed by atoms with E-state index in [0.717, 1.165) is 12.1 Å². The molecule has 0 unspecified atom stereocenters. The van der Waals surface area contributed by atoms with Crippen molar-refractivity contribution in [3.05, 3.63) is 64.2 Å². The Bertz CT molecular complexity index is 1100. The van der Waals surface area contributed by atoms with Crippen molar-refractivity contribution in [1.82, 2.24) is 14.6 Å². The summed E-state index contributed by atoms with van der Waals surface area (Å²) in [6.45, 7) is 2.10. The lowest BCUT2D eigenvalue weighted by Crippen LogP contribution is -2.15. The standard InChI is InChI=1S/C17H13FN4OS/c1-2-10-3-6-12(7-4-10)19-16-21-22-15(23)13-8-5-11(18)9-14(13)20-17(22)24-16/h3-9H,2H2,1H3,(H,19,21). The number of benzene rings is 2. The van der Waals surface area contributed by atoms with Crippen LogP contribution in [0.3, 0.4) is 0 Å². The van der Waals surface area contributed by atoms with E-state index in [-0.39, 0.29) is 5.56 Å². The first-order valence-corrected chi connectivity index (χ1v) is 8.31. The minimum Gasteiger partial charge on any atom is -0.330 e. The topological polar surface area (TPSA) is 59.3 Å². The van der Waals surface area contributed by atoms with Crippen molar-refractivity contribution in [3.8, 4) is 0 Å². The maximum absolute atomic E-state index is 13.3. The van der Waals surface area contributed by atoms with E-state index in [1.54, 1.807) is 0 Å². The summed E-state index contributed by atoms with van der Waals surface area (Å²) in [7, 11) is 0. The molecule has 2 heterocycles. The minimum absolute atomic E-state index is 0.305. The van der Waals surface area contributed by atoms with Crippen LogP contribution < -0.4 is 10.9 Å². The Kier molecular flexibility index (Phi) is 3.50. The number of nitrogens with one attached hydrogen (secondary N) is 1. The lowest BCUT2D eigenvalue weighted by Gasteiger charge is -2.02. The molecule has 0 aliphatic heterocycles. The Balaban J connectivity index is 1.78. The van der Waals surface area contributed by atoms with Gasteiger partial charge < -0.3 is 5.32 Å². The molecule has 2 aromatic carbocycles. The highest BCUT2D eigenvalue weighted by molar-refractivity contribution is 7.20.